The number of rotatable bonds is 9. The van der Waals surface area contributed by atoms with Crippen molar-refractivity contribution in [3.05, 3.63) is 62.9 Å². The molecular formula is C22H23BrFN3O4. The highest BCUT2D eigenvalue weighted by molar-refractivity contribution is 9.10. The van der Waals surface area contributed by atoms with Crippen LogP contribution in [-0.4, -0.2) is 36.2 Å². The fraction of sp³-hybridized carbons (Fsp3) is 0.318. The van der Waals surface area contributed by atoms with Gasteiger partial charge in [-0.25, -0.2) is 9.37 Å². The zero-order valence-electron chi connectivity index (χ0n) is 17.3. The Morgan fingerprint density at radius 3 is 2.65 bits per heavy atom. The molecule has 0 atom stereocenters. The number of hydrogen-bond acceptors (Lipinski definition) is 5. The van der Waals surface area contributed by atoms with Crippen molar-refractivity contribution in [2.45, 2.75) is 25.8 Å². The quantitative estimate of drug-likeness (QED) is 0.495. The van der Waals surface area contributed by atoms with E-state index in [-0.39, 0.29) is 23.7 Å². The van der Waals surface area contributed by atoms with Gasteiger partial charge in [0.15, 0.2) is 11.5 Å². The van der Waals surface area contributed by atoms with E-state index in [9.17, 15) is 14.0 Å². The third-order valence-electron chi connectivity index (χ3n) is 4.85. The maximum atomic E-state index is 13.3. The normalized spacial score (nSPS) is 10.8. The summed E-state index contributed by atoms with van der Waals surface area (Å²) in [6.07, 6.45) is 2.85. The van der Waals surface area contributed by atoms with E-state index in [0.29, 0.717) is 52.8 Å². The molecule has 0 bridgehead atoms. The molecule has 1 amide bonds. The second-order valence-corrected chi connectivity index (χ2v) is 7.77. The van der Waals surface area contributed by atoms with E-state index in [4.69, 9.17) is 9.47 Å². The molecule has 0 fully saturated rings. The molecule has 0 unspecified atom stereocenters. The summed E-state index contributed by atoms with van der Waals surface area (Å²) in [7, 11) is 3.03. The van der Waals surface area contributed by atoms with Gasteiger partial charge in [-0.15, -0.1) is 0 Å². The number of benzene rings is 2. The van der Waals surface area contributed by atoms with Crippen LogP contribution in [0.5, 0.6) is 11.5 Å². The SMILES string of the molecule is COc1cc2ncn(CCCC(=O)NCCc3ccc(F)c(Br)c3)c(=O)c2cc1OC. The zero-order chi connectivity index (χ0) is 22.4. The maximum absolute atomic E-state index is 13.3. The number of hydrogen-bond donors (Lipinski definition) is 1. The van der Waals surface area contributed by atoms with Crippen LogP contribution in [0.1, 0.15) is 18.4 Å². The smallest absolute Gasteiger partial charge is 0.261 e. The van der Waals surface area contributed by atoms with Crippen molar-refractivity contribution < 1.29 is 18.7 Å². The van der Waals surface area contributed by atoms with Crippen molar-refractivity contribution in [1.82, 2.24) is 14.9 Å². The number of carbonyl (C=O) groups excluding carboxylic acids is 1. The standard InChI is InChI=1S/C22H23BrFN3O4/c1-30-19-11-15-18(12-20(19)31-2)26-13-27(22(15)29)9-3-4-21(28)25-8-7-14-5-6-17(24)16(23)10-14/h5-6,10-13H,3-4,7-9H2,1-2H3,(H,25,28). The van der Waals surface area contributed by atoms with E-state index < -0.39 is 0 Å². The third-order valence-corrected chi connectivity index (χ3v) is 5.46. The molecule has 1 N–H and O–H groups in total. The number of amides is 1. The van der Waals surface area contributed by atoms with E-state index in [1.54, 1.807) is 24.3 Å². The third kappa shape index (κ3) is 5.61. The molecule has 0 radical (unpaired) electrons. The first-order valence-corrected chi connectivity index (χ1v) is 10.5. The van der Waals surface area contributed by atoms with Crippen molar-refractivity contribution >= 4 is 32.7 Å². The second-order valence-electron chi connectivity index (χ2n) is 6.92. The number of aromatic nitrogens is 2. The Kier molecular flexibility index (Phi) is 7.62. The Balaban J connectivity index is 1.53. The minimum atomic E-state index is -0.316. The Labute approximate surface area is 187 Å². The molecule has 164 valence electrons. The summed E-state index contributed by atoms with van der Waals surface area (Å²) in [4.78, 5) is 29.1. The summed E-state index contributed by atoms with van der Waals surface area (Å²) in [5.41, 5.74) is 1.24. The molecule has 0 aliphatic rings. The van der Waals surface area contributed by atoms with Crippen LogP contribution >= 0.6 is 15.9 Å². The molecule has 1 heterocycles. The molecule has 3 aromatic rings. The summed E-state index contributed by atoms with van der Waals surface area (Å²) >= 11 is 3.15. The van der Waals surface area contributed by atoms with Gasteiger partial charge in [0.05, 0.1) is 35.9 Å². The lowest BCUT2D eigenvalue weighted by Crippen LogP contribution is -2.26. The number of ether oxygens (including phenoxy) is 2. The molecule has 0 saturated heterocycles. The predicted octanol–water partition coefficient (Wildman–Crippen LogP) is 3.45. The minimum Gasteiger partial charge on any atom is -0.493 e. The average molecular weight is 492 g/mol. The van der Waals surface area contributed by atoms with Crippen molar-refractivity contribution in [3.63, 3.8) is 0 Å². The summed E-state index contributed by atoms with van der Waals surface area (Å²) in [6.45, 7) is 0.824. The molecule has 0 spiro atoms. The highest BCUT2D eigenvalue weighted by Crippen LogP contribution is 2.29. The number of carbonyl (C=O) groups is 1. The number of fused-ring (bicyclic) bond motifs is 1. The van der Waals surface area contributed by atoms with Crippen LogP contribution in [0.4, 0.5) is 4.39 Å². The molecule has 31 heavy (non-hydrogen) atoms. The number of aryl methyl sites for hydroxylation is 1. The summed E-state index contributed by atoms with van der Waals surface area (Å²) in [5, 5.41) is 3.27. The van der Waals surface area contributed by atoms with Gasteiger partial charge >= 0.3 is 0 Å². The van der Waals surface area contributed by atoms with Gasteiger partial charge < -0.3 is 14.8 Å². The topological polar surface area (TPSA) is 82.5 Å². The Morgan fingerprint density at radius 2 is 1.94 bits per heavy atom. The first-order chi connectivity index (χ1) is 14.9. The van der Waals surface area contributed by atoms with Gasteiger partial charge in [0.25, 0.3) is 5.56 Å². The van der Waals surface area contributed by atoms with Gasteiger partial charge in [-0.05, 0) is 52.5 Å². The van der Waals surface area contributed by atoms with E-state index in [0.717, 1.165) is 5.56 Å². The van der Waals surface area contributed by atoms with Crippen LogP contribution < -0.4 is 20.3 Å². The van der Waals surface area contributed by atoms with Crippen LogP contribution in [0.25, 0.3) is 10.9 Å². The number of methoxy groups -OCH3 is 2. The molecule has 0 aliphatic carbocycles. The molecule has 0 saturated carbocycles. The fourth-order valence-electron chi connectivity index (χ4n) is 3.18. The lowest BCUT2D eigenvalue weighted by molar-refractivity contribution is -0.121. The van der Waals surface area contributed by atoms with Gasteiger partial charge in [-0.3, -0.25) is 14.2 Å². The number of nitrogens with one attached hydrogen (secondary N) is 1. The Bertz CT molecular complexity index is 1150. The first kappa shape index (κ1) is 22.7. The molecule has 0 aliphatic heterocycles. The summed E-state index contributed by atoms with van der Waals surface area (Å²) in [6, 6.07) is 8.05. The molecule has 1 aromatic heterocycles. The summed E-state index contributed by atoms with van der Waals surface area (Å²) < 4.78 is 25.6. The van der Waals surface area contributed by atoms with Crippen molar-refractivity contribution in [2.24, 2.45) is 0 Å². The van der Waals surface area contributed by atoms with Crippen LogP contribution in [0.3, 0.4) is 0 Å². The van der Waals surface area contributed by atoms with Gasteiger partial charge in [0, 0.05) is 25.6 Å². The van der Waals surface area contributed by atoms with Crippen molar-refractivity contribution in [3.8, 4) is 11.5 Å². The number of halogens is 2. The lowest BCUT2D eigenvalue weighted by atomic mass is 10.1. The van der Waals surface area contributed by atoms with Gasteiger partial charge in [-0.1, -0.05) is 6.07 Å². The second kappa shape index (κ2) is 10.4. The zero-order valence-corrected chi connectivity index (χ0v) is 18.9. The maximum Gasteiger partial charge on any atom is 0.261 e. The highest BCUT2D eigenvalue weighted by atomic mass is 79.9. The highest BCUT2D eigenvalue weighted by Gasteiger charge is 2.11. The molecular weight excluding hydrogens is 469 g/mol. The summed E-state index contributed by atoms with van der Waals surface area (Å²) in [5.74, 6) is 0.543. The van der Waals surface area contributed by atoms with Crippen LogP contribution in [0.15, 0.2) is 45.9 Å². The van der Waals surface area contributed by atoms with Crippen LogP contribution in [-0.2, 0) is 17.8 Å². The fourth-order valence-corrected chi connectivity index (χ4v) is 3.61. The van der Waals surface area contributed by atoms with E-state index in [2.05, 4.69) is 26.2 Å². The van der Waals surface area contributed by atoms with Crippen LogP contribution in [0, 0.1) is 5.82 Å². The average Bonchev–Trinajstić information content (AvgIpc) is 2.77. The predicted molar refractivity (Wildman–Crippen MR) is 119 cm³/mol. The number of nitrogens with zero attached hydrogens (tertiary/aromatic N) is 2. The van der Waals surface area contributed by atoms with Crippen molar-refractivity contribution in [1.29, 1.82) is 0 Å². The van der Waals surface area contributed by atoms with Gasteiger partial charge in [-0.2, -0.15) is 0 Å². The molecule has 9 heteroatoms. The Hall–Kier alpha value is -2.94. The van der Waals surface area contributed by atoms with E-state index in [1.165, 1.54) is 31.2 Å². The van der Waals surface area contributed by atoms with Gasteiger partial charge in [0.1, 0.15) is 5.82 Å². The van der Waals surface area contributed by atoms with Crippen molar-refractivity contribution in [2.75, 3.05) is 20.8 Å². The van der Waals surface area contributed by atoms with Gasteiger partial charge in [0.2, 0.25) is 5.91 Å². The molecule has 3 rings (SSSR count). The monoisotopic (exact) mass is 491 g/mol. The first-order valence-electron chi connectivity index (χ1n) is 9.74. The van der Waals surface area contributed by atoms with E-state index >= 15 is 0 Å². The Morgan fingerprint density at radius 1 is 1.19 bits per heavy atom. The largest absolute Gasteiger partial charge is 0.493 e. The van der Waals surface area contributed by atoms with E-state index in [1.807, 2.05) is 0 Å². The van der Waals surface area contributed by atoms with Crippen LogP contribution in [0.2, 0.25) is 0 Å². The molecule has 7 nitrogen and oxygen atoms in total. The molecule has 2 aromatic carbocycles. The lowest BCUT2D eigenvalue weighted by Gasteiger charge is -2.10. The minimum absolute atomic E-state index is 0.102.